The zero-order chi connectivity index (χ0) is 49.2. The molecule has 0 aromatic heterocycles. The molecule has 1 saturated heterocycles. The summed E-state index contributed by atoms with van der Waals surface area (Å²) < 4.78 is 0. The van der Waals surface area contributed by atoms with E-state index in [0.29, 0.717) is 12.0 Å². The first kappa shape index (κ1) is 53.8. The van der Waals surface area contributed by atoms with Gasteiger partial charge in [-0.25, -0.2) is 0 Å². The van der Waals surface area contributed by atoms with E-state index in [-0.39, 0.29) is 12.2 Å². The van der Waals surface area contributed by atoms with E-state index in [2.05, 4.69) is 42.5 Å². The molecule has 1 aromatic rings. The SMILES string of the molecule is CCC(C)C1NC(=O)[C@H](Cc2ccc(O)cc2)NC(=O)CNC(=O)CCC(C(=O)N(C)CC(=O)NC(C)(C)C(=O)NCC(N)=O)NC(=O)[C@H](CC(N)=O)NC(=O)[C@H](CCC(N)=O)NC1=O. The van der Waals surface area contributed by atoms with Gasteiger partial charge < -0.3 is 69.7 Å². The number of primary amides is 3. The Hall–Kier alpha value is -7.34. The van der Waals surface area contributed by atoms with E-state index in [1.807, 2.05) is 0 Å². The number of aromatic hydroxyl groups is 1. The summed E-state index contributed by atoms with van der Waals surface area (Å²) in [5, 5.41) is 29.0. The van der Waals surface area contributed by atoms with E-state index in [1.165, 1.54) is 38.1 Å². The summed E-state index contributed by atoms with van der Waals surface area (Å²) in [4.78, 5) is 157. The number of likely N-dealkylation sites (N-methyl/N-ethyl adjacent to an activating group) is 1. The fourth-order valence-electron chi connectivity index (χ4n) is 6.24. The number of hydrogen-bond donors (Lipinski definition) is 12. The molecule has 0 bridgehead atoms. The Balaban J connectivity index is 2.58. The minimum absolute atomic E-state index is 0.0733. The van der Waals surface area contributed by atoms with Gasteiger partial charge in [0.15, 0.2) is 0 Å². The number of nitrogens with one attached hydrogen (secondary N) is 8. The highest BCUT2D eigenvalue weighted by molar-refractivity contribution is 5.99. The van der Waals surface area contributed by atoms with Gasteiger partial charge in [-0.15, -0.1) is 0 Å². The van der Waals surface area contributed by atoms with Gasteiger partial charge in [-0.3, -0.25) is 57.5 Å². The molecule has 1 aromatic carbocycles. The summed E-state index contributed by atoms with van der Waals surface area (Å²) >= 11 is 0. The van der Waals surface area contributed by atoms with Gasteiger partial charge in [-0.1, -0.05) is 32.4 Å². The highest BCUT2D eigenvalue weighted by Crippen LogP contribution is 2.14. The Bertz CT molecular complexity index is 1980. The molecule has 1 fully saturated rings. The van der Waals surface area contributed by atoms with Crippen LogP contribution in [0, 0.1) is 5.92 Å². The Morgan fingerprint density at radius 3 is 1.98 bits per heavy atom. The lowest BCUT2D eigenvalue weighted by Crippen LogP contribution is -2.61. The summed E-state index contributed by atoms with van der Waals surface area (Å²) in [6, 6.07) is -2.14. The Morgan fingerprint density at radius 2 is 1.40 bits per heavy atom. The topological polar surface area (TPSA) is 403 Å². The molecule has 15 N–H and O–H groups in total. The second-order valence-corrected chi connectivity index (χ2v) is 16.1. The second kappa shape index (κ2) is 25.1. The van der Waals surface area contributed by atoms with Gasteiger partial charge in [0, 0.05) is 26.3 Å². The lowest BCUT2D eigenvalue weighted by molar-refractivity contribution is -0.140. The fraction of sp³-hybridized carbons (Fsp3) is 0.550. The first-order chi connectivity index (χ1) is 30.3. The maximum atomic E-state index is 13.9. The van der Waals surface area contributed by atoms with E-state index in [0.717, 1.165) is 11.9 Å². The number of carbonyl (C=O) groups excluding carboxylic acids is 12. The number of benzene rings is 1. The molecule has 358 valence electrons. The van der Waals surface area contributed by atoms with E-state index in [9.17, 15) is 62.6 Å². The van der Waals surface area contributed by atoms with Gasteiger partial charge in [-0.05, 0) is 50.3 Å². The van der Waals surface area contributed by atoms with Crippen LogP contribution in [0.3, 0.4) is 0 Å². The molecule has 0 saturated carbocycles. The van der Waals surface area contributed by atoms with E-state index in [4.69, 9.17) is 17.2 Å². The quantitative estimate of drug-likeness (QED) is 0.0737. The summed E-state index contributed by atoms with van der Waals surface area (Å²) in [6.45, 7) is 4.03. The molecule has 0 radical (unpaired) electrons. The highest BCUT2D eigenvalue weighted by Gasteiger charge is 2.36. The van der Waals surface area contributed by atoms with Crippen LogP contribution < -0.4 is 59.7 Å². The van der Waals surface area contributed by atoms with Gasteiger partial charge in [0.2, 0.25) is 70.9 Å². The molecule has 25 heteroatoms. The number of hydrogen-bond acceptors (Lipinski definition) is 13. The molecule has 25 nitrogen and oxygen atoms in total. The van der Waals surface area contributed by atoms with Crippen molar-refractivity contribution in [2.75, 3.05) is 26.7 Å². The molecule has 0 spiro atoms. The van der Waals surface area contributed by atoms with Crippen molar-refractivity contribution >= 4 is 70.9 Å². The number of phenols is 1. The molecule has 1 aliphatic heterocycles. The van der Waals surface area contributed by atoms with Crippen LogP contribution in [0.1, 0.15) is 71.8 Å². The van der Waals surface area contributed by atoms with Crippen molar-refractivity contribution in [2.45, 2.75) is 108 Å². The summed E-state index contributed by atoms with van der Waals surface area (Å²) in [5.41, 5.74) is 14.7. The second-order valence-electron chi connectivity index (χ2n) is 16.1. The number of phenolic OH excluding ortho intramolecular Hbond substituents is 1. The number of rotatable bonds is 16. The largest absolute Gasteiger partial charge is 0.508 e. The third-order valence-electron chi connectivity index (χ3n) is 10.1. The average Bonchev–Trinajstić information content (AvgIpc) is 3.22. The van der Waals surface area contributed by atoms with Crippen molar-refractivity contribution in [1.82, 2.24) is 47.4 Å². The average molecular weight is 917 g/mol. The van der Waals surface area contributed by atoms with Crippen LogP contribution in [0.5, 0.6) is 5.75 Å². The van der Waals surface area contributed by atoms with Gasteiger partial charge in [0.25, 0.3) is 0 Å². The van der Waals surface area contributed by atoms with Crippen LogP contribution in [0.15, 0.2) is 24.3 Å². The summed E-state index contributed by atoms with van der Waals surface area (Å²) in [7, 11) is 1.15. The predicted octanol–water partition coefficient (Wildman–Crippen LogP) is -5.59. The standard InChI is InChI=1S/C40H60N12O13/c1-6-20(2)33-37(63)47-23(11-13-27(41)54)34(60)49-26(16-28(42)55)35(61)48-24(38(64)52(5)19-32(59)51-40(3,4)39(65)45-17-29(43)56)12-14-30(57)44-18-31(58)46-25(36(62)50-33)15-21-7-9-22(53)10-8-21/h7-10,20,23-26,33,53H,6,11-19H2,1-5H3,(H2,41,54)(H2,42,55)(H2,43,56)(H,44,57)(H,45,65)(H,46,58)(H,47,63)(H,48,61)(H,49,60)(H,50,62)(H,51,59)/t20?,23-,24?,25-,26-,33?/m0/s1. The van der Waals surface area contributed by atoms with Crippen LogP contribution in [0.25, 0.3) is 0 Å². The fourth-order valence-corrected chi connectivity index (χ4v) is 6.24. The zero-order valence-corrected chi connectivity index (χ0v) is 36.9. The maximum absolute atomic E-state index is 13.9. The van der Waals surface area contributed by atoms with Crippen LogP contribution in [-0.2, 0) is 64.0 Å². The van der Waals surface area contributed by atoms with Crippen molar-refractivity contribution in [3.63, 3.8) is 0 Å². The van der Waals surface area contributed by atoms with Crippen molar-refractivity contribution in [2.24, 2.45) is 23.1 Å². The first-order valence-electron chi connectivity index (χ1n) is 20.6. The molecule has 6 atom stereocenters. The van der Waals surface area contributed by atoms with E-state index >= 15 is 0 Å². The molecule has 1 heterocycles. The summed E-state index contributed by atoms with van der Waals surface area (Å²) in [5.74, 6) is -11.9. The van der Waals surface area contributed by atoms with Crippen molar-refractivity contribution in [3.05, 3.63) is 29.8 Å². The number of amides is 12. The van der Waals surface area contributed by atoms with E-state index in [1.54, 1.807) is 13.8 Å². The minimum atomic E-state index is -1.83. The van der Waals surface area contributed by atoms with Crippen molar-refractivity contribution in [1.29, 1.82) is 0 Å². The molecule has 0 aliphatic carbocycles. The van der Waals surface area contributed by atoms with Crippen LogP contribution in [0.4, 0.5) is 0 Å². The maximum Gasteiger partial charge on any atom is 0.245 e. The molecular weight excluding hydrogens is 857 g/mol. The molecule has 2 rings (SSSR count). The third-order valence-corrected chi connectivity index (χ3v) is 10.1. The highest BCUT2D eigenvalue weighted by atomic mass is 16.3. The van der Waals surface area contributed by atoms with Crippen molar-refractivity contribution in [3.8, 4) is 5.75 Å². The van der Waals surface area contributed by atoms with Gasteiger partial charge >= 0.3 is 0 Å². The Labute approximate surface area is 374 Å². The monoisotopic (exact) mass is 916 g/mol. The minimum Gasteiger partial charge on any atom is -0.508 e. The van der Waals surface area contributed by atoms with Crippen LogP contribution >= 0.6 is 0 Å². The summed E-state index contributed by atoms with van der Waals surface area (Å²) in [6.07, 6.45) is -2.62. The smallest absolute Gasteiger partial charge is 0.245 e. The van der Waals surface area contributed by atoms with Crippen LogP contribution in [-0.4, -0.2) is 143 Å². The molecular formula is C40H60N12O13. The van der Waals surface area contributed by atoms with Gasteiger partial charge in [-0.2, -0.15) is 0 Å². The zero-order valence-electron chi connectivity index (χ0n) is 36.9. The Kier molecular flexibility index (Phi) is 20.8. The van der Waals surface area contributed by atoms with Crippen molar-refractivity contribution < 1.29 is 62.6 Å². The predicted molar refractivity (Wildman–Crippen MR) is 227 cm³/mol. The van der Waals surface area contributed by atoms with Gasteiger partial charge in [0.05, 0.1) is 26.1 Å². The molecule has 65 heavy (non-hydrogen) atoms. The third kappa shape index (κ3) is 18.5. The number of carbonyl (C=O) groups is 12. The molecule has 3 unspecified atom stereocenters. The number of nitrogens with two attached hydrogens (primary N) is 3. The lowest BCUT2D eigenvalue weighted by Gasteiger charge is -2.30. The Morgan fingerprint density at radius 1 is 0.800 bits per heavy atom. The lowest BCUT2D eigenvalue weighted by atomic mass is 9.96. The van der Waals surface area contributed by atoms with Gasteiger partial charge in [0.1, 0.15) is 41.5 Å². The normalized spacial score (nSPS) is 21.0. The first-order valence-corrected chi connectivity index (χ1v) is 20.6. The molecule has 12 amide bonds. The number of nitrogens with zero attached hydrogens (tertiary/aromatic N) is 1. The van der Waals surface area contributed by atoms with E-state index < -0.39 is 164 Å². The molecule has 1 aliphatic rings. The van der Waals surface area contributed by atoms with Crippen LogP contribution in [0.2, 0.25) is 0 Å².